The molecule has 0 bridgehead atoms. The third-order valence-electron chi connectivity index (χ3n) is 3.25. The monoisotopic (exact) mass is 259 g/mol. The molecule has 0 saturated carbocycles. The third-order valence-corrected chi connectivity index (χ3v) is 3.25. The van der Waals surface area contributed by atoms with Crippen molar-refractivity contribution >= 4 is 11.9 Å². The summed E-state index contributed by atoms with van der Waals surface area (Å²) in [6.07, 6.45) is 6.19. The summed E-state index contributed by atoms with van der Waals surface area (Å²) in [4.78, 5) is 21.5. The van der Waals surface area contributed by atoms with Crippen LogP contribution in [0.15, 0.2) is 30.4 Å². The number of carboxylic acid groups (broad SMARTS) is 1. The second kappa shape index (κ2) is 6.18. The highest BCUT2D eigenvalue weighted by Crippen LogP contribution is 2.22. The van der Waals surface area contributed by atoms with Gasteiger partial charge >= 0.3 is 5.97 Å². The van der Waals surface area contributed by atoms with Crippen molar-refractivity contribution in [3.8, 4) is 0 Å². The van der Waals surface area contributed by atoms with Crippen molar-refractivity contribution in [3.63, 3.8) is 0 Å². The molecule has 1 amide bonds. The molecule has 0 aliphatic heterocycles. The summed E-state index contributed by atoms with van der Waals surface area (Å²) in [6, 6.07) is 6.48. The van der Waals surface area contributed by atoms with Crippen LogP contribution in [-0.4, -0.2) is 23.5 Å². The molecule has 4 heteroatoms. The van der Waals surface area contributed by atoms with E-state index >= 15 is 0 Å². The molecular formula is C15H17NO3. The van der Waals surface area contributed by atoms with Crippen molar-refractivity contribution in [2.24, 2.45) is 0 Å². The van der Waals surface area contributed by atoms with Gasteiger partial charge in [-0.2, -0.15) is 0 Å². The Labute approximate surface area is 112 Å². The number of rotatable bonds is 5. The molecule has 19 heavy (non-hydrogen) atoms. The van der Waals surface area contributed by atoms with Gasteiger partial charge in [0.15, 0.2) is 0 Å². The van der Waals surface area contributed by atoms with Crippen LogP contribution in [0.2, 0.25) is 0 Å². The average Bonchev–Trinajstić information content (AvgIpc) is 2.83. The van der Waals surface area contributed by atoms with Gasteiger partial charge in [0.25, 0.3) is 0 Å². The predicted octanol–water partition coefficient (Wildman–Crippen LogP) is 1.47. The van der Waals surface area contributed by atoms with Crippen LogP contribution in [-0.2, 0) is 28.9 Å². The van der Waals surface area contributed by atoms with Crippen molar-refractivity contribution in [2.75, 3.05) is 6.54 Å². The minimum atomic E-state index is -1.12. The van der Waals surface area contributed by atoms with E-state index in [-0.39, 0.29) is 5.91 Å². The van der Waals surface area contributed by atoms with Crippen molar-refractivity contribution in [3.05, 3.63) is 47.0 Å². The molecule has 4 nitrogen and oxygen atoms in total. The lowest BCUT2D eigenvalue weighted by molar-refractivity contribution is -0.131. The quantitative estimate of drug-likeness (QED) is 0.787. The number of carbonyl (C=O) groups excluding carboxylic acids is 1. The standard InChI is InChI=1S/C15H17NO3/c17-14(6-7-15(18)19)16-9-8-11-4-5-12-2-1-3-13(12)10-11/h4-7,10H,1-3,8-9H2,(H,16,17)(H,18,19)/b7-6+. The highest BCUT2D eigenvalue weighted by Gasteiger charge is 2.10. The van der Waals surface area contributed by atoms with E-state index in [1.165, 1.54) is 29.5 Å². The largest absolute Gasteiger partial charge is 0.478 e. The minimum Gasteiger partial charge on any atom is -0.478 e. The molecule has 0 aromatic heterocycles. The topological polar surface area (TPSA) is 66.4 Å². The Bertz CT molecular complexity index is 520. The van der Waals surface area contributed by atoms with E-state index < -0.39 is 5.97 Å². The maximum atomic E-state index is 11.3. The zero-order valence-corrected chi connectivity index (χ0v) is 10.7. The first-order valence-corrected chi connectivity index (χ1v) is 6.44. The number of hydrogen-bond acceptors (Lipinski definition) is 2. The fourth-order valence-electron chi connectivity index (χ4n) is 2.32. The Balaban J connectivity index is 1.80. The average molecular weight is 259 g/mol. The molecule has 0 saturated heterocycles. The molecule has 0 unspecified atom stereocenters. The molecule has 2 N–H and O–H groups in total. The first kappa shape index (κ1) is 13.3. The fourth-order valence-corrected chi connectivity index (χ4v) is 2.32. The highest BCUT2D eigenvalue weighted by atomic mass is 16.4. The van der Waals surface area contributed by atoms with Crippen molar-refractivity contribution < 1.29 is 14.7 Å². The Hall–Kier alpha value is -2.10. The summed E-state index contributed by atoms with van der Waals surface area (Å²) in [5.41, 5.74) is 4.08. The van der Waals surface area contributed by atoms with Gasteiger partial charge in [0.2, 0.25) is 5.91 Å². The van der Waals surface area contributed by atoms with Gasteiger partial charge in [0, 0.05) is 18.7 Å². The van der Waals surface area contributed by atoms with E-state index in [1.807, 2.05) is 0 Å². The number of nitrogens with one attached hydrogen (secondary N) is 1. The van der Waals surface area contributed by atoms with Gasteiger partial charge in [-0.15, -0.1) is 0 Å². The summed E-state index contributed by atoms with van der Waals surface area (Å²) in [5.74, 6) is -1.49. The summed E-state index contributed by atoms with van der Waals surface area (Å²) in [5, 5.41) is 11.1. The Kier molecular flexibility index (Phi) is 4.34. The van der Waals surface area contributed by atoms with Gasteiger partial charge in [-0.25, -0.2) is 4.79 Å². The second-order valence-corrected chi connectivity index (χ2v) is 4.67. The van der Waals surface area contributed by atoms with E-state index in [9.17, 15) is 9.59 Å². The van der Waals surface area contributed by atoms with Gasteiger partial charge in [-0.1, -0.05) is 18.2 Å². The van der Waals surface area contributed by atoms with Crippen LogP contribution >= 0.6 is 0 Å². The number of benzene rings is 1. The molecule has 1 aliphatic carbocycles. The number of amides is 1. The number of fused-ring (bicyclic) bond motifs is 1. The van der Waals surface area contributed by atoms with Gasteiger partial charge in [0.1, 0.15) is 0 Å². The maximum absolute atomic E-state index is 11.3. The third kappa shape index (κ3) is 3.95. The lowest BCUT2D eigenvalue weighted by atomic mass is 10.0. The molecule has 0 fully saturated rings. The SMILES string of the molecule is O=C(O)/C=C/C(=O)NCCc1ccc2c(c1)CCC2. The molecule has 0 atom stereocenters. The van der Waals surface area contributed by atoms with Gasteiger partial charge < -0.3 is 10.4 Å². The van der Waals surface area contributed by atoms with E-state index in [2.05, 4.69) is 23.5 Å². The summed E-state index contributed by atoms with van der Waals surface area (Å²) < 4.78 is 0. The number of carboxylic acids is 1. The zero-order valence-electron chi connectivity index (χ0n) is 10.7. The molecule has 0 spiro atoms. The number of aryl methyl sites for hydroxylation is 2. The first-order chi connectivity index (χ1) is 9.15. The number of carbonyl (C=O) groups is 2. The Morgan fingerprint density at radius 3 is 2.79 bits per heavy atom. The van der Waals surface area contributed by atoms with E-state index in [1.54, 1.807) is 0 Å². The number of hydrogen-bond donors (Lipinski definition) is 2. The molecule has 100 valence electrons. The van der Waals surface area contributed by atoms with Gasteiger partial charge in [0.05, 0.1) is 0 Å². The second-order valence-electron chi connectivity index (χ2n) is 4.67. The van der Waals surface area contributed by atoms with Crippen LogP contribution in [0, 0.1) is 0 Å². The molecule has 0 radical (unpaired) electrons. The molecule has 1 aromatic rings. The summed E-state index contributed by atoms with van der Waals surface area (Å²) in [6.45, 7) is 0.515. The van der Waals surface area contributed by atoms with E-state index in [4.69, 9.17) is 5.11 Å². The van der Waals surface area contributed by atoms with Crippen LogP contribution in [0.1, 0.15) is 23.1 Å². The Morgan fingerprint density at radius 1 is 1.21 bits per heavy atom. The molecular weight excluding hydrogens is 242 g/mol. The van der Waals surface area contributed by atoms with Gasteiger partial charge in [-0.05, 0) is 42.4 Å². The van der Waals surface area contributed by atoms with Crippen molar-refractivity contribution in [1.29, 1.82) is 0 Å². The smallest absolute Gasteiger partial charge is 0.328 e. The van der Waals surface area contributed by atoms with Gasteiger partial charge in [-0.3, -0.25) is 4.79 Å². The van der Waals surface area contributed by atoms with Crippen LogP contribution in [0.4, 0.5) is 0 Å². The minimum absolute atomic E-state index is 0.372. The normalized spacial score (nSPS) is 13.5. The fraction of sp³-hybridized carbons (Fsp3) is 0.333. The van der Waals surface area contributed by atoms with E-state index in [0.29, 0.717) is 6.54 Å². The maximum Gasteiger partial charge on any atom is 0.328 e. The first-order valence-electron chi connectivity index (χ1n) is 6.44. The lowest BCUT2D eigenvalue weighted by Crippen LogP contribution is -2.23. The van der Waals surface area contributed by atoms with E-state index in [0.717, 1.165) is 25.0 Å². The molecule has 0 heterocycles. The summed E-state index contributed by atoms with van der Waals surface area (Å²) >= 11 is 0. The highest BCUT2D eigenvalue weighted by molar-refractivity contribution is 5.93. The van der Waals surface area contributed by atoms with Crippen LogP contribution < -0.4 is 5.32 Å². The lowest BCUT2D eigenvalue weighted by Gasteiger charge is -2.05. The molecule has 1 aliphatic rings. The molecule has 1 aromatic carbocycles. The van der Waals surface area contributed by atoms with Crippen LogP contribution in [0.5, 0.6) is 0 Å². The van der Waals surface area contributed by atoms with Crippen molar-refractivity contribution in [1.82, 2.24) is 5.32 Å². The number of aliphatic carboxylic acids is 1. The van der Waals surface area contributed by atoms with Crippen molar-refractivity contribution in [2.45, 2.75) is 25.7 Å². The molecule has 2 rings (SSSR count). The van der Waals surface area contributed by atoms with Crippen LogP contribution in [0.3, 0.4) is 0 Å². The zero-order chi connectivity index (χ0) is 13.7. The Morgan fingerprint density at radius 2 is 2.00 bits per heavy atom. The predicted molar refractivity (Wildman–Crippen MR) is 72.0 cm³/mol. The summed E-state index contributed by atoms with van der Waals surface area (Å²) in [7, 11) is 0. The van der Waals surface area contributed by atoms with Crippen LogP contribution in [0.25, 0.3) is 0 Å².